The minimum Gasteiger partial charge on any atom is -0.355 e. The number of aromatic nitrogens is 2. The lowest BCUT2D eigenvalue weighted by Crippen LogP contribution is -2.35. The molecule has 0 saturated heterocycles. The van der Waals surface area contributed by atoms with E-state index in [4.69, 9.17) is 11.6 Å². The molecule has 0 bridgehead atoms. The quantitative estimate of drug-likeness (QED) is 0.670. The summed E-state index contributed by atoms with van der Waals surface area (Å²) in [5, 5.41) is 3.97. The molecule has 0 radical (unpaired) electrons. The van der Waals surface area contributed by atoms with Crippen molar-refractivity contribution in [3.63, 3.8) is 0 Å². The number of aromatic amines is 1. The number of H-pyrrole nitrogens is 1. The Hall–Kier alpha value is -2.63. The summed E-state index contributed by atoms with van der Waals surface area (Å²) in [6.07, 6.45) is 1.63. The third-order valence-corrected chi connectivity index (χ3v) is 5.27. The molecule has 0 unspecified atom stereocenters. The average Bonchev–Trinajstić information content (AvgIpc) is 2.71. The summed E-state index contributed by atoms with van der Waals surface area (Å²) in [6, 6.07) is 18.1. The van der Waals surface area contributed by atoms with E-state index in [0.29, 0.717) is 19.0 Å². The van der Waals surface area contributed by atoms with Crippen molar-refractivity contribution < 1.29 is 0 Å². The zero-order valence-electron chi connectivity index (χ0n) is 15.6. The van der Waals surface area contributed by atoms with Gasteiger partial charge in [-0.2, -0.15) is 0 Å². The van der Waals surface area contributed by atoms with Gasteiger partial charge in [0.05, 0.1) is 11.3 Å². The average molecular weight is 395 g/mol. The number of nitrogens with one attached hydrogen (secondary N) is 2. The Labute approximate surface area is 169 Å². The van der Waals surface area contributed by atoms with Crippen molar-refractivity contribution in [1.82, 2.24) is 14.9 Å². The van der Waals surface area contributed by atoms with Gasteiger partial charge in [-0.1, -0.05) is 54.1 Å². The van der Waals surface area contributed by atoms with Crippen LogP contribution in [0, 0.1) is 0 Å². The molecule has 0 aliphatic carbocycles. The fourth-order valence-electron chi connectivity index (χ4n) is 3.52. The molecule has 0 amide bonds. The van der Waals surface area contributed by atoms with Crippen molar-refractivity contribution >= 4 is 17.5 Å². The molecule has 3 aromatic rings. The summed E-state index contributed by atoms with van der Waals surface area (Å²) in [4.78, 5) is 22.4. The second-order valence-electron chi connectivity index (χ2n) is 7.09. The number of nitrogens with zero attached hydrogens (tertiary/aromatic N) is 2. The topological polar surface area (TPSA) is 61.0 Å². The number of anilines is 1. The van der Waals surface area contributed by atoms with Crippen molar-refractivity contribution in [2.24, 2.45) is 0 Å². The van der Waals surface area contributed by atoms with Crippen LogP contribution in [0.15, 0.2) is 59.4 Å². The molecule has 0 fully saturated rings. The Morgan fingerprint density at radius 2 is 1.86 bits per heavy atom. The lowest BCUT2D eigenvalue weighted by Gasteiger charge is -2.27. The van der Waals surface area contributed by atoms with Gasteiger partial charge in [0.1, 0.15) is 0 Å². The predicted octanol–water partition coefficient (Wildman–Crippen LogP) is 3.64. The molecule has 2 N–H and O–H groups in total. The van der Waals surface area contributed by atoms with Gasteiger partial charge in [-0.25, -0.2) is 4.98 Å². The Kier molecular flexibility index (Phi) is 5.74. The molecular formula is C22H23ClN4O. The van der Waals surface area contributed by atoms with Crippen molar-refractivity contribution in [2.75, 3.05) is 18.4 Å². The van der Waals surface area contributed by atoms with E-state index < -0.39 is 0 Å². The van der Waals surface area contributed by atoms with Crippen molar-refractivity contribution in [3.8, 4) is 0 Å². The van der Waals surface area contributed by atoms with Crippen LogP contribution < -0.4 is 10.9 Å². The lowest BCUT2D eigenvalue weighted by atomic mass is 10.1. The third kappa shape index (κ3) is 4.61. The highest BCUT2D eigenvalue weighted by Gasteiger charge is 2.21. The van der Waals surface area contributed by atoms with E-state index in [1.54, 1.807) is 0 Å². The van der Waals surface area contributed by atoms with E-state index >= 15 is 0 Å². The van der Waals surface area contributed by atoms with E-state index in [0.717, 1.165) is 42.2 Å². The van der Waals surface area contributed by atoms with E-state index in [-0.39, 0.29) is 5.56 Å². The summed E-state index contributed by atoms with van der Waals surface area (Å²) in [6.45, 7) is 3.09. The zero-order valence-corrected chi connectivity index (χ0v) is 16.4. The van der Waals surface area contributed by atoms with Crippen LogP contribution in [0.2, 0.25) is 5.02 Å². The Balaban J connectivity index is 1.38. The molecule has 0 atom stereocenters. The van der Waals surface area contributed by atoms with Crippen molar-refractivity contribution in [2.45, 2.75) is 25.9 Å². The molecule has 0 spiro atoms. The first-order chi connectivity index (χ1) is 13.7. The van der Waals surface area contributed by atoms with Crippen LogP contribution in [0.3, 0.4) is 0 Å². The first kappa shape index (κ1) is 18.7. The maximum Gasteiger partial charge on any atom is 0.257 e. The fraction of sp³-hybridized carbons (Fsp3) is 0.273. The van der Waals surface area contributed by atoms with Crippen LogP contribution in [0.5, 0.6) is 0 Å². The molecule has 0 saturated carbocycles. The largest absolute Gasteiger partial charge is 0.355 e. The third-order valence-electron chi connectivity index (χ3n) is 5.02. The standard InChI is InChI=1S/C22H23ClN4O/c23-18-8-6-16(7-9-18)10-12-24-22-25-20-11-13-27(15-19(20)21(28)26-22)14-17-4-2-1-3-5-17/h1-9H,10-15H2,(H2,24,25,26,28). The van der Waals surface area contributed by atoms with E-state index in [2.05, 4.69) is 32.3 Å². The maximum absolute atomic E-state index is 12.6. The maximum atomic E-state index is 12.6. The van der Waals surface area contributed by atoms with Crippen molar-refractivity contribution in [3.05, 3.63) is 92.4 Å². The van der Waals surface area contributed by atoms with Crippen LogP contribution in [-0.2, 0) is 25.9 Å². The molecule has 1 aliphatic rings. The van der Waals surface area contributed by atoms with Gasteiger partial charge >= 0.3 is 0 Å². The predicted molar refractivity (Wildman–Crippen MR) is 113 cm³/mol. The van der Waals surface area contributed by atoms with E-state index in [1.807, 2.05) is 42.5 Å². The first-order valence-electron chi connectivity index (χ1n) is 9.54. The summed E-state index contributed by atoms with van der Waals surface area (Å²) >= 11 is 5.91. The van der Waals surface area contributed by atoms with E-state index in [1.165, 1.54) is 11.1 Å². The number of rotatable bonds is 6. The Morgan fingerprint density at radius 3 is 2.64 bits per heavy atom. The molecule has 6 heteroatoms. The molecule has 144 valence electrons. The highest BCUT2D eigenvalue weighted by molar-refractivity contribution is 6.30. The van der Waals surface area contributed by atoms with Crippen LogP contribution >= 0.6 is 11.6 Å². The minimum atomic E-state index is -0.0447. The SMILES string of the molecule is O=c1[nH]c(NCCc2ccc(Cl)cc2)nc2c1CN(Cc1ccccc1)CC2. The number of halogens is 1. The van der Waals surface area contributed by atoms with Crippen LogP contribution in [-0.4, -0.2) is 28.0 Å². The Morgan fingerprint density at radius 1 is 1.07 bits per heavy atom. The second kappa shape index (κ2) is 8.59. The smallest absolute Gasteiger partial charge is 0.257 e. The van der Waals surface area contributed by atoms with Gasteiger partial charge < -0.3 is 5.32 Å². The molecule has 5 nitrogen and oxygen atoms in total. The van der Waals surface area contributed by atoms with Gasteiger partial charge in [0.15, 0.2) is 0 Å². The van der Waals surface area contributed by atoms with Gasteiger partial charge in [-0.3, -0.25) is 14.7 Å². The first-order valence-corrected chi connectivity index (χ1v) is 9.92. The normalized spacial score (nSPS) is 13.9. The molecule has 28 heavy (non-hydrogen) atoms. The lowest BCUT2D eigenvalue weighted by molar-refractivity contribution is 0.242. The second-order valence-corrected chi connectivity index (χ2v) is 7.53. The summed E-state index contributed by atoms with van der Waals surface area (Å²) in [5.41, 5.74) is 4.09. The molecule has 1 aromatic heterocycles. The molecule has 2 heterocycles. The number of benzene rings is 2. The number of fused-ring (bicyclic) bond motifs is 1. The van der Waals surface area contributed by atoms with Gasteiger partial charge in [0.2, 0.25) is 5.95 Å². The van der Waals surface area contributed by atoms with Gasteiger partial charge in [0, 0.05) is 37.6 Å². The summed E-state index contributed by atoms with van der Waals surface area (Å²) < 4.78 is 0. The van der Waals surface area contributed by atoms with Crippen LogP contribution in [0.1, 0.15) is 22.4 Å². The Bertz CT molecular complexity index is 986. The van der Waals surface area contributed by atoms with E-state index in [9.17, 15) is 4.79 Å². The minimum absolute atomic E-state index is 0.0447. The number of hydrogen-bond acceptors (Lipinski definition) is 4. The molecule has 1 aliphatic heterocycles. The van der Waals surface area contributed by atoms with Crippen LogP contribution in [0.4, 0.5) is 5.95 Å². The zero-order chi connectivity index (χ0) is 19.3. The van der Waals surface area contributed by atoms with Crippen molar-refractivity contribution in [1.29, 1.82) is 0 Å². The molecule has 4 rings (SSSR count). The highest BCUT2D eigenvalue weighted by Crippen LogP contribution is 2.17. The fourth-order valence-corrected chi connectivity index (χ4v) is 3.64. The highest BCUT2D eigenvalue weighted by atomic mass is 35.5. The molecule has 2 aromatic carbocycles. The summed E-state index contributed by atoms with van der Waals surface area (Å²) in [5.74, 6) is 0.550. The number of hydrogen-bond donors (Lipinski definition) is 2. The van der Waals surface area contributed by atoms with Crippen LogP contribution in [0.25, 0.3) is 0 Å². The monoisotopic (exact) mass is 394 g/mol. The van der Waals surface area contributed by atoms with Gasteiger partial charge in [-0.15, -0.1) is 0 Å². The van der Waals surface area contributed by atoms with Gasteiger partial charge in [-0.05, 0) is 29.7 Å². The van der Waals surface area contributed by atoms with Gasteiger partial charge in [0.25, 0.3) is 5.56 Å². The molecular weight excluding hydrogens is 372 g/mol. The summed E-state index contributed by atoms with van der Waals surface area (Å²) in [7, 11) is 0.